The minimum atomic E-state index is -1.22. The molecule has 1 amide bonds. The van der Waals surface area contributed by atoms with E-state index in [1.165, 1.54) is 37.1 Å². The molecular weight excluding hydrogens is 358 g/mol. The molecule has 8 nitrogen and oxygen atoms in total. The minimum Gasteiger partial charge on any atom is -0.479 e. The van der Waals surface area contributed by atoms with Gasteiger partial charge in [0.15, 0.2) is 5.54 Å². The fourth-order valence-electron chi connectivity index (χ4n) is 2.81. The van der Waals surface area contributed by atoms with Crippen LogP contribution in [0.5, 0.6) is 0 Å². The molecule has 2 heterocycles. The summed E-state index contributed by atoms with van der Waals surface area (Å²) in [7, 11) is 0. The molecule has 0 saturated carbocycles. The molecule has 1 aromatic carbocycles. The van der Waals surface area contributed by atoms with Gasteiger partial charge in [0, 0.05) is 6.20 Å². The number of benzene rings is 1. The van der Waals surface area contributed by atoms with Crippen LogP contribution in [0.4, 0.5) is 5.69 Å². The van der Waals surface area contributed by atoms with Crippen LogP contribution >= 0.6 is 0 Å². The standard InChI is InChI=1S/C20H23N5O3/c1-12-6-7-13(2)17(8-12)25-14(3)16(10-22-25)18(26)23-15-9-21-24(11-15)20(4,5)19(27)28/h6-11H,1-5H3,(H,23,26)(H,27,28). The van der Waals surface area contributed by atoms with Gasteiger partial charge in [-0.15, -0.1) is 0 Å². The predicted octanol–water partition coefficient (Wildman–Crippen LogP) is 3.07. The Morgan fingerprint density at radius 2 is 1.82 bits per heavy atom. The largest absolute Gasteiger partial charge is 0.479 e. The first-order valence-corrected chi connectivity index (χ1v) is 8.83. The van der Waals surface area contributed by atoms with Gasteiger partial charge in [-0.3, -0.25) is 9.48 Å². The molecule has 8 heteroatoms. The number of hydrogen-bond acceptors (Lipinski definition) is 4. The second kappa shape index (κ2) is 6.95. The Morgan fingerprint density at radius 3 is 2.50 bits per heavy atom. The summed E-state index contributed by atoms with van der Waals surface area (Å²) in [6, 6.07) is 6.07. The van der Waals surface area contributed by atoms with E-state index in [1.807, 2.05) is 39.0 Å². The fraction of sp³-hybridized carbons (Fsp3) is 0.300. The molecule has 0 aliphatic carbocycles. The normalized spacial score (nSPS) is 11.5. The molecule has 2 aromatic heterocycles. The van der Waals surface area contributed by atoms with E-state index in [0.29, 0.717) is 16.9 Å². The number of aliphatic carboxylic acids is 1. The zero-order valence-electron chi connectivity index (χ0n) is 16.5. The summed E-state index contributed by atoms with van der Waals surface area (Å²) in [6.07, 6.45) is 4.45. The van der Waals surface area contributed by atoms with Crippen LogP contribution in [-0.4, -0.2) is 36.5 Å². The molecule has 0 fully saturated rings. The van der Waals surface area contributed by atoms with E-state index in [9.17, 15) is 14.7 Å². The molecule has 0 spiro atoms. The molecule has 0 aliphatic heterocycles. The summed E-state index contributed by atoms with van der Waals surface area (Å²) in [4.78, 5) is 24.1. The average molecular weight is 381 g/mol. The van der Waals surface area contributed by atoms with Crippen molar-refractivity contribution in [2.45, 2.75) is 40.2 Å². The van der Waals surface area contributed by atoms with Gasteiger partial charge in [0.05, 0.1) is 35.0 Å². The van der Waals surface area contributed by atoms with Crippen molar-refractivity contribution in [2.24, 2.45) is 0 Å². The van der Waals surface area contributed by atoms with Crippen LogP contribution in [0, 0.1) is 20.8 Å². The highest BCUT2D eigenvalue weighted by Crippen LogP contribution is 2.21. The highest BCUT2D eigenvalue weighted by atomic mass is 16.4. The van der Waals surface area contributed by atoms with E-state index < -0.39 is 11.5 Å². The number of aromatic nitrogens is 4. The summed E-state index contributed by atoms with van der Waals surface area (Å²) in [6.45, 7) is 8.90. The lowest BCUT2D eigenvalue weighted by molar-refractivity contribution is -0.146. The lowest BCUT2D eigenvalue weighted by Crippen LogP contribution is -2.35. The van der Waals surface area contributed by atoms with Crippen molar-refractivity contribution in [2.75, 3.05) is 5.32 Å². The topological polar surface area (TPSA) is 102 Å². The molecule has 0 saturated heterocycles. The van der Waals surface area contributed by atoms with Crippen molar-refractivity contribution in [1.82, 2.24) is 19.6 Å². The molecule has 0 aliphatic rings. The molecule has 2 N–H and O–H groups in total. The van der Waals surface area contributed by atoms with E-state index in [1.54, 1.807) is 4.68 Å². The van der Waals surface area contributed by atoms with Crippen LogP contribution in [0.2, 0.25) is 0 Å². The second-order valence-electron chi connectivity index (χ2n) is 7.34. The maximum Gasteiger partial charge on any atom is 0.331 e. The Balaban J connectivity index is 1.85. The number of hydrogen-bond donors (Lipinski definition) is 2. The number of anilines is 1. The maximum absolute atomic E-state index is 12.7. The fourth-order valence-corrected chi connectivity index (χ4v) is 2.81. The van der Waals surface area contributed by atoms with Crippen LogP contribution in [0.15, 0.2) is 36.8 Å². The smallest absolute Gasteiger partial charge is 0.331 e. The van der Waals surface area contributed by atoms with Gasteiger partial charge >= 0.3 is 5.97 Å². The Hall–Kier alpha value is -3.42. The highest BCUT2D eigenvalue weighted by Gasteiger charge is 2.30. The van der Waals surface area contributed by atoms with Crippen LogP contribution in [0.1, 0.15) is 41.0 Å². The van der Waals surface area contributed by atoms with E-state index in [4.69, 9.17) is 0 Å². The molecule has 0 atom stereocenters. The number of amides is 1. The zero-order valence-corrected chi connectivity index (χ0v) is 16.5. The van der Waals surface area contributed by atoms with Gasteiger partial charge in [-0.2, -0.15) is 10.2 Å². The number of carboxylic acids is 1. The van der Waals surface area contributed by atoms with Crippen LogP contribution in [0.3, 0.4) is 0 Å². The summed E-state index contributed by atoms with van der Waals surface area (Å²) in [5.41, 5.74) is 3.43. The summed E-state index contributed by atoms with van der Waals surface area (Å²) in [5, 5.41) is 20.5. The Labute approximate surface area is 162 Å². The van der Waals surface area contributed by atoms with Gasteiger partial charge in [-0.25, -0.2) is 9.48 Å². The first-order chi connectivity index (χ1) is 13.1. The van der Waals surface area contributed by atoms with E-state index in [0.717, 1.165) is 16.8 Å². The Morgan fingerprint density at radius 1 is 1.11 bits per heavy atom. The summed E-state index contributed by atoms with van der Waals surface area (Å²) < 4.78 is 3.05. The quantitative estimate of drug-likeness (QED) is 0.707. The maximum atomic E-state index is 12.7. The number of aryl methyl sites for hydroxylation is 2. The molecule has 3 rings (SSSR count). The third-order valence-corrected chi connectivity index (χ3v) is 4.78. The van der Waals surface area contributed by atoms with Gasteiger partial charge < -0.3 is 10.4 Å². The van der Waals surface area contributed by atoms with Gasteiger partial charge in [-0.05, 0) is 51.8 Å². The van der Waals surface area contributed by atoms with Gasteiger partial charge in [0.2, 0.25) is 0 Å². The molecule has 146 valence electrons. The summed E-state index contributed by atoms with van der Waals surface area (Å²) in [5.74, 6) is -1.35. The number of rotatable bonds is 5. The first kappa shape index (κ1) is 19.3. The lowest BCUT2D eigenvalue weighted by atomic mass is 10.1. The second-order valence-corrected chi connectivity index (χ2v) is 7.34. The Bertz CT molecular complexity index is 1060. The van der Waals surface area contributed by atoms with Crippen LogP contribution in [0.25, 0.3) is 5.69 Å². The van der Waals surface area contributed by atoms with Crippen molar-refractivity contribution >= 4 is 17.6 Å². The molecule has 3 aromatic rings. The van der Waals surface area contributed by atoms with Gasteiger partial charge in [-0.1, -0.05) is 12.1 Å². The SMILES string of the molecule is Cc1ccc(C)c(-n2ncc(C(=O)Nc3cnn(C(C)(C)C(=O)O)c3)c2C)c1. The van der Waals surface area contributed by atoms with Crippen molar-refractivity contribution in [3.05, 3.63) is 59.2 Å². The molecule has 0 unspecified atom stereocenters. The van der Waals surface area contributed by atoms with Gasteiger partial charge in [0.1, 0.15) is 0 Å². The molecule has 28 heavy (non-hydrogen) atoms. The number of nitrogens with zero attached hydrogens (tertiary/aromatic N) is 4. The summed E-state index contributed by atoms with van der Waals surface area (Å²) >= 11 is 0. The third kappa shape index (κ3) is 3.40. The molecule has 0 bridgehead atoms. The predicted molar refractivity (Wildman–Crippen MR) is 105 cm³/mol. The molecular formula is C20H23N5O3. The third-order valence-electron chi connectivity index (χ3n) is 4.78. The van der Waals surface area contributed by atoms with E-state index >= 15 is 0 Å². The van der Waals surface area contributed by atoms with Gasteiger partial charge in [0.25, 0.3) is 5.91 Å². The first-order valence-electron chi connectivity index (χ1n) is 8.83. The van der Waals surface area contributed by atoms with Crippen molar-refractivity contribution in [3.8, 4) is 5.69 Å². The number of carbonyl (C=O) groups is 2. The van der Waals surface area contributed by atoms with Crippen molar-refractivity contribution in [1.29, 1.82) is 0 Å². The number of nitrogens with one attached hydrogen (secondary N) is 1. The number of carboxylic acid groups (broad SMARTS) is 1. The van der Waals surface area contributed by atoms with Crippen molar-refractivity contribution in [3.63, 3.8) is 0 Å². The van der Waals surface area contributed by atoms with E-state index in [2.05, 4.69) is 15.5 Å². The lowest BCUT2D eigenvalue weighted by Gasteiger charge is -2.19. The average Bonchev–Trinajstić information content (AvgIpc) is 3.24. The van der Waals surface area contributed by atoms with Crippen LogP contribution in [-0.2, 0) is 10.3 Å². The molecule has 0 radical (unpaired) electrons. The zero-order chi connectivity index (χ0) is 20.6. The van der Waals surface area contributed by atoms with E-state index in [-0.39, 0.29) is 5.91 Å². The highest BCUT2D eigenvalue weighted by molar-refractivity contribution is 6.04. The number of carbonyl (C=O) groups excluding carboxylic acids is 1. The monoisotopic (exact) mass is 381 g/mol. The Kier molecular flexibility index (Phi) is 4.80. The van der Waals surface area contributed by atoms with Crippen molar-refractivity contribution < 1.29 is 14.7 Å². The minimum absolute atomic E-state index is 0.332. The van der Waals surface area contributed by atoms with Crippen LogP contribution < -0.4 is 5.32 Å².